The maximum absolute atomic E-state index is 11.6. The number of aromatic nitrogens is 1. The molecule has 1 aromatic heterocycles. The molecule has 5 heteroatoms. The standard InChI is InChI=1S/C10H14BrN3O/c1-6(2)8(12)10(15)14-9-7(11)4-3-5-13-9/h3-6,8H,12H2,1-2H3,(H,13,14,15)/t8-/m0/s1. The van der Waals surface area contributed by atoms with E-state index in [0.717, 1.165) is 4.47 Å². The van der Waals surface area contributed by atoms with Gasteiger partial charge in [0.1, 0.15) is 5.82 Å². The number of pyridine rings is 1. The van der Waals surface area contributed by atoms with E-state index in [0.29, 0.717) is 5.82 Å². The molecule has 82 valence electrons. The molecule has 1 heterocycles. The summed E-state index contributed by atoms with van der Waals surface area (Å²) in [7, 11) is 0. The Hall–Kier alpha value is -0.940. The van der Waals surface area contributed by atoms with E-state index < -0.39 is 6.04 Å². The van der Waals surface area contributed by atoms with Gasteiger partial charge < -0.3 is 11.1 Å². The molecule has 15 heavy (non-hydrogen) atoms. The van der Waals surface area contributed by atoms with Crippen molar-refractivity contribution in [2.24, 2.45) is 11.7 Å². The molecule has 0 unspecified atom stereocenters. The number of hydrogen-bond donors (Lipinski definition) is 2. The summed E-state index contributed by atoms with van der Waals surface area (Å²) in [6.07, 6.45) is 1.61. The molecule has 1 atom stereocenters. The Morgan fingerprint density at radius 2 is 2.27 bits per heavy atom. The van der Waals surface area contributed by atoms with Crippen molar-refractivity contribution in [1.82, 2.24) is 4.98 Å². The van der Waals surface area contributed by atoms with Gasteiger partial charge >= 0.3 is 0 Å². The van der Waals surface area contributed by atoms with Crippen LogP contribution in [0.1, 0.15) is 13.8 Å². The normalized spacial score (nSPS) is 12.6. The lowest BCUT2D eigenvalue weighted by molar-refractivity contribution is -0.118. The third-order valence-electron chi connectivity index (χ3n) is 2.02. The summed E-state index contributed by atoms with van der Waals surface area (Å²) in [6.45, 7) is 3.80. The van der Waals surface area contributed by atoms with E-state index in [-0.39, 0.29) is 11.8 Å². The van der Waals surface area contributed by atoms with E-state index in [1.807, 2.05) is 19.9 Å². The summed E-state index contributed by atoms with van der Waals surface area (Å²) in [5, 5.41) is 2.67. The van der Waals surface area contributed by atoms with Crippen LogP contribution in [0.2, 0.25) is 0 Å². The van der Waals surface area contributed by atoms with Gasteiger partial charge in [0.05, 0.1) is 10.5 Å². The van der Waals surface area contributed by atoms with Crippen LogP contribution in [0.25, 0.3) is 0 Å². The molecule has 1 amide bonds. The maximum atomic E-state index is 11.6. The van der Waals surface area contributed by atoms with Crippen molar-refractivity contribution in [3.05, 3.63) is 22.8 Å². The fourth-order valence-corrected chi connectivity index (χ4v) is 1.33. The van der Waals surface area contributed by atoms with Crippen molar-refractivity contribution in [1.29, 1.82) is 0 Å². The first-order chi connectivity index (χ1) is 7.02. The van der Waals surface area contributed by atoms with Crippen LogP contribution in [0.3, 0.4) is 0 Å². The van der Waals surface area contributed by atoms with E-state index in [4.69, 9.17) is 5.73 Å². The minimum atomic E-state index is -0.515. The Kier molecular flexibility index (Phi) is 4.23. The van der Waals surface area contributed by atoms with Crippen LogP contribution in [-0.2, 0) is 4.79 Å². The van der Waals surface area contributed by atoms with Crippen molar-refractivity contribution in [2.75, 3.05) is 5.32 Å². The average Bonchev–Trinajstić information content (AvgIpc) is 2.20. The topological polar surface area (TPSA) is 68.0 Å². The maximum Gasteiger partial charge on any atom is 0.242 e. The molecule has 4 nitrogen and oxygen atoms in total. The van der Waals surface area contributed by atoms with Crippen LogP contribution >= 0.6 is 15.9 Å². The van der Waals surface area contributed by atoms with Gasteiger partial charge in [0.25, 0.3) is 0 Å². The number of nitrogens with two attached hydrogens (primary N) is 1. The molecule has 3 N–H and O–H groups in total. The smallest absolute Gasteiger partial charge is 0.242 e. The predicted octanol–water partition coefficient (Wildman–Crippen LogP) is 1.77. The van der Waals surface area contributed by atoms with Crippen LogP contribution < -0.4 is 11.1 Å². The van der Waals surface area contributed by atoms with Gasteiger partial charge in [0, 0.05) is 6.20 Å². The quantitative estimate of drug-likeness (QED) is 0.881. The molecule has 0 saturated carbocycles. The largest absolute Gasteiger partial charge is 0.320 e. The number of rotatable bonds is 3. The number of nitrogens with zero attached hydrogens (tertiary/aromatic N) is 1. The van der Waals surface area contributed by atoms with Gasteiger partial charge in [0.2, 0.25) is 5.91 Å². The molecular formula is C10H14BrN3O. The molecular weight excluding hydrogens is 258 g/mol. The fourth-order valence-electron chi connectivity index (χ4n) is 0.980. The van der Waals surface area contributed by atoms with Crippen molar-refractivity contribution in [3.63, 3.8) is 0 Å². The van der Waals surface area contributed by atoms with Gasteiger partial charge in [-0.25, -0.2) is 4.98 Å². The number of amides is 1. The molecule has 0 spiro atoms. The zero-order valence-corrected chi connectivity index (χ0v) is 10.3. The number of nitrogens with one attached hydrogen (secondary N) is 1. The zero-order valence-electron chi connectivity index (χ0n) is 8.70. The molecule has 0 fully saturated rings. The highest BCUT2D eigenvalue weighted by Crippen LogP contribution is 2.18. The van der Waals surface area contributed by atoms with E-state index >= 15 is 0 Å². The van der Waals surface area contributed by atoms with Crippen molar-refractivity contribution in [2.45, 2.75) is 19.9 Å². The molecule has 0 aliphatic heterocycles. The molecule has 0 saturated heterocycles. The highest BCUT2D eigenvalue weighted by Gasteiger charge is 2.18. The third-order valence-corrected chi connectivity index (χ3v) is 2.66. The van der Waals surface area contributed by atoms with Crippen LogP contribution in [0.15, 0.2) is 22.8 Å². The van der Waals surface area contributed by atoms with Crippen LogP contribution in [-0.4, -0.2) is 16.9 Å². The summed E-state index contributed by atoms with van der Waals surface area (Å²) in [5.41, 5.74) is 5.70. The minimum absolute atomic E-state index is 0.104. The first-order valence-corrected chi connectivity index (χ1v) is 5.48. The number of carbonyl (C=O) groups excluding carboxylic acids is 1. The third kappa shape index (κ3) is 3.28. The summed E-state index contributed by atoms with van der Waals surface area (Å²) in [6, 6.07) is 3.07. The molecule has 0 aliphatic rings. The molecule has 0 aliphatic carbocycles. The number of hydrogen-bond acceptors (Lipinski definition) is 3. The van der Waals surface area contributed by atoms with Gasteiger partial charge in [0.15, 0.2) is 0 Å². The highest BCUT2D eigenvalue weighted by molar-refractivity contribution is 9.10. The van der Waals surface area contributed by atoms with Crippen LogP contribution in [0.5, 0.6) is 0 Å². The van der Waals surface area contributed by atoms with E-state index in [2.05, 4.69) is 26.2 Å². The van der Waals surface area contributed by atoms with Gasteiger partial charge in [-0.3, -0.25) is 4.79 Å². The second-order valence-corrected chi connectivity index (χ2v) is 4.45. The molecule has 0 bridgehead atoms. The number of anilines is 1. The summed E-state index contributed by atoms with van der Waals surface area (Å²) in [4.78, 5) is 15.6. The number of halogens is 1. The van der Waals surface area contributed by atoms with Gasteiger partial charge in [-0.1, -0.05) is 13.8 Å². The number of carbonyl (C=O) groups is 1. The van der Waals surface area contributed by atoms with Gasteiger partial charge in [-0.05, 0) is 34.0 Å². The Morgan fingerprint density at radius 1 is 1.60 bits per heavy atom. The second kappa shape index (κ2) is 5.23. The molecule has 1 aromatic rings. The summed E-state index contributed by atoms with van der Waals surface area (Å²) < 4.78 is 0.745. The van der Waals surface area contributed by atoms with Crippen molar-refractivity contribution in [3.8, 4) is 0 Å². The molecule has 0 aromatic carbocycles. The second-order valence-electron chi connectivity index (χ2n) is 3.59. The Bertz CT molecular complexity index is 354. The fraction of sp³-hybridized carbons (Fsp3) is 0.400. The molecule has 0 radical (unpaired) electrons. The SMILES string of the molecule is CC(C)[C@H](N)C(=O)Nc1ncccc1Br. The van der Waals surface area contributed by atoms with E-state index in [1.165, 1.54) is 0 Å². The minimum Gasteiger partial charge on any atom is -0.320 e. The van der Waals surface area contributed by atoms with Gasteiger partial charge in [-0.2, -0.15) is 0 Å². The lowest BCUT2D eigenvalue weighted by Crippen LogP contribution is -2.40. The van der Waals surface area contributed by atoms with E-state index in [9.17, 15) is 4.79 Å². The lowest BCUT2D eigenvalue weighted by atomic mass is 10.1. The van der Waals surface area contributed by atoms with Crippen LogP contribution in [0.4, 0.5) is 5.82 Å². The first kappa shape index (κ1) is 12.1. The summed E-state index contributed by atoms with van der Waals surface area (Å²) in [5.74, 6) is 0.385. The van der Waals surface area contributed by atoms with Crippen molar-refractivity contribution < 1.29 is 4.79 Å². The van der Waals surface area contributed by atoms with Gasteiger partial charge in [-0.15, -0.1) is 0 Å². The lowest BCUT2D eigenvalue weighted by Gasteiger charge is -2.15. The molecule has 1 rings (SSSR count). The Labute approximate surface area is 97.4 Å². The van der Waals surface area contributed by atoms with E-state index in [1.54, 1.807) is 12.3 Å². The van der Waals surface area contributed by atoms with Crippen molar-refractivity contribution >= 4 is 27.7 Å². The monoisotopic (exact) mass is 271 g/mol. The summed E-state index contributed by atoms with van der Waals surface area (Å²) >= 11 is 3.29. The Morgan fingerprint density at radius 3 is 2.80 bits per heavy atom. The first-order valence-electron chi connectivity index (χ1n) is 4.69. The predicted molar refractivity (Wildman–Crippen MR) is 63.4 cm³/mol. The average molecular weight is 272 g/mol. The highest BCUT2D eigenvalue weighted by atomic mass is 79.9. The Balaban J connectivity index is 2.71. The zero-order chi connectivity index (χ0) is 11.4. The van der Waals surface area contributed by atoms with Crippen LogP contribution in [0, 0.1) is 5.92 Å².